The molecular formula is C20H20F3N3S. The molecule has 4 rings (SSSR count). The lowest BCUT2D eigenvalue weighted by molar-refractivity contribution is -0.137. The molecule has 1 aromatic heterocycles. The largest absolute Gasteiger partial charge is 0.416 e. The molecule has 2 aromatic carbocycles. The van der Waals surface area contributed by atoms with E-state index >= 15 is 0 Å². The number of benzene rings is 2. The van der Waals surface area contributed by atoms with Crippen molar-refractivity contribution in [1.29, 1.82) is 0 Å². The Bertz CT molecular complexity index is 881. The first-order valence-electron chi connectivity index (χ1n) is 8.93. The fraction of sp³-hybridized carbons (Fsp3) is 0.350. The van der Waals surface area contributed by atoms with E-state index in [2.05, 4.69) is 20.9 Å². The van der Waals surface area contributed by atoms with E-state index in [1.165, 1.54) is 16.8 Å². The number of hydrogen-bond acceptors (Lipinski definition) is 4. The van der Waals surface area contributed by atoms with Crippen LogP contribution in [0.15, 0.2) is 48.5 Å². The highest BCUT2D eigenvalue weighted by molar-refractivity contribution is 7.18. The third-order valence-electron chi connectivity index (χ3n) is 4.82. The van der Waals surface area contributed by atoms with Gasteiger partial charge in [-0.3, -0.25) is 9.80 Å². The van der Waals surface area contributed by atoms with Crippen molar-refractivity contribution in [2.45, 2.75) is 19.3 Å². The minimum Gasteiger partial charge on any atom is -0.297 e. The number of fused-ring (bicyclic) bond motifs is 1. The van der Waals surface area contributed by atoms with Crippen molar-refractivity contribution in [2.75, 3.05) is 26.2 Å². The number of halogens is 3. The minimum atomic E-state index is -4.29. The fourth-order valence-electron chi connectivity index (χ4n) is 3.39. The maximum absolute atomic E-state index is 12.9. The topological polar surface area (TPSA) is 19.4 Å². The summed E-state index contributed by atoms with van der Waals surface area (Å²) in [5.41, 5.74) is 1.18. The number of rotatable bonds is 4. The van der Waals surface area contributed by atoms with Gasteiger partial charge in [0.2, 0.25) is 0 Å². The molecule has 27 heavy (non-hydrogen) atoms. The van der Waals surface area contributed by atoms with Crippen LogP contribution in [0.2, 0.25) is 0 Å². The molecule has 1 saturated heterocycles. The summed E-state index contributed by atoms with van der Waals surface area (Å²) < 4.78 is 39.8. The molecule has 1 aliphatic heterocycles. The number of thiazole rings is 1. The normalized spacial score (nSPS) is 16.9. The number of para-hydroxylation sites is 1. The minimum absolute atomic E-state index is 0.554. The molecule has 0 atom stereocenters. The van der Waals surface area contributed by atoms with Crippen LogP contribution in [0.3, 0.4) is 0 Å². The zero-order valence-electron chi connectivity index (χ0n) is 14.7. The second kappa shape index (κ2) is 7.58. The molecule has 0 spiro atoms. The van der Waals surface area contributed by atoms with Crippen molar-refractivity contribution in [3.8, 4) is 0 Å². The van der Waals surface area contributed by atoms with Crippen LogP contribution < -0.4 is 0 Å². The van der Waals surface area contributed by atoms with Gasteiger partial charge in [-0.1, -0.05) is 30.3 Å². The van der Waals surface area contributed by atoms with Gasteiger partial charge in [0.15, 0.2) is 0 Å². The molecule has 0 unspecified atom stereocenters. The summed E-state index contributed by atoms with van der Waals surface area (Å²) in [5, 5.41) is 1.11. The Morgan fingerprint density at radius 3 is 2.30 bits per heavy atom. The van der Waals surface area contributed by atoms with Crippen LogP contribution in [0, 0.1) is 0 Å². The van der Waals surface area contributed by atoms with Crippen LogP contribution >= 0.6 is 11.3 Å². The Balaban J connectivity index is 1.32. The summed E-state index contributed by atoms with van der Waals surface area (Å²) >= 11 is 1.73. The summed E-state index contributed by atoms with van der Waals surface area (Å²) in [5.74, 6) is 0. The highest BCUT2D eigenvalue weighted by atomic mass is 32.1. The number of aromatic nitrogens is 1. The van der Waals surface area contributed by atoms with Gasteiger partial charge in [0.1, 0.15) is 5.01 Å². The van der Waals surface area contributed by atoms with Gasteiger partial charge < -0.3 is 0 Å². The van der Waals surface area contributed by atoms with Gasteiger partial charge in [0, 0.05) is 32.7 Å². The first-order valence-corrected chi connectivity index (χ1v) is 9.74. The van der Waals surface area contributed by atoms with E-state index in [0.717, 1.165) is 49.3 Å². The molecule has 2 heterocycles. The van der Waals surface area contributed by atoms with Crippen LogP contribution in [0.4, 0.5) is 13.2 Å². The van der Waals surface area contributed by atoms with E-state index in [9.17, 15) is 13.2 Å². The van der Waals surface area contributed by atoms with Crippen LogP contribution in [-0.2, 0) is 19.3 Å². The maximum Gasteiger partial charge on any atom is 0.416 e. The van der Waals surface area contributed by atoms with Gasteiger partial charge >= 0.3 is 6.18 Å². The molecular weight excluding hydrogens is 371 g/mol. The standard InChI is InChI=1S/C20H20F3N3S/c21-20(22,23)16-5-3-4-15(12-16)13-25-8-10-26(11-9-25)14-19-24-17-6-1-2-7-18(17)27-19/h1-7,12H,8-11,13-14H2. The Labute approximate surface area is 160 Å². The number of alkyl halides is 3. The molecule has 3 nitrogen and oxygen atoms in total. The van der Waals surface area contributed by atoms with E-state index < -0.39 is 11.7 Å². The summed E-state index contributed by atoms with van der Waals surface area (Å²) in [4.78, 5) is 9.26. The Kier molecular flexibility index (Phi) is 5.16. The summed E-state index contributed by atoms with van der Waals surface area (Å²) in [6, 6.07) is 13.8. The molecule has 7 heteroatoms. The Morgan fingerprint density at radius 1 is 0.889 bits per heavy atom. The van der Waals surface area contributed by atoms with Crippen molar-refractivity contribution in [3.63, 3.8) is 0 Å². The molecule has 0 N–H and O–H groups in total. The number of nitrogens with zero attached hydrogens (tertiary/aromatic N) is 3. The van der Waals surface area contributed by atoms with E-state index in [1.807, 2.05) is 18.2 Å². The zero-order valence-corrected chi connectivity index (χ0v) is 15.6. The first-order chi connectivity index (χ1) is 13.0. The second-order valence-corrected chi connectivity index (χ2v) is 7.94. The van der Waals surface area contributed by atoms with Crippen LogP contribution in [-0.4, -0.2) is 41.0 Å². The lowest BCUT2D eigenvalue weighted by Gasteiger charge is -2.34. The predicted molar refractivity (Wildman–Crippen MR) is 102 cm³/mol. The average Bonchev–Trinajstić information content (AvgIpc) is 3.05. The Morgan fingerprint density at radius 2 is 1.59 bits per heavy atom. The third-order valence-corrected chi connectivity index (χ3v) is 5.84. The average molecular weight is 391 g/mol. The summed E-state index contributed by atoms with van der Waals surface area (Å²) in [6.45, 7) is 4.88. The molecule has 0 amide bonds. The molecule has 0 saturated carbocycles. The van der Waals surface area contributed by atoms with Gasteiger partial charge in [-0.05, 0) is 23.8 Å². The highest BCUT2D eigenvalue weighted by Crippen LogP contribution is 2.30. The lowest BCUT2D eigenvalue weighted by Crippen LogP contribution is -2.45. The van der Waals surface area contributed by atoms with E-state index in [-0.39, 0.29) is 0 Å². The fourth-order valence-corrected chi connectivity index (χ4v) is 4.40. The Hall–Kier alpha value is -1.96. The predicted octanol–water partition coefficient (Wildman–Crippen LogP) is 4.63. The van der Waals surface area contributed by atoms with Crippen LogP contribution in [0.1, 0.15) is 16.1 Å². The van der Waals surface area contributed by atoms with E-state index in [0.29, 0.717) is 12.1 Å². The smallest absolute Gasteiger partial charge is 0.297 e. The van der Waals surface area contributed by atoms with Gasteiger partial charge in [0.05, 0.1) is 22.3 Å². The maximum atomic E-state index is 12.9. The lowest BCUT2D eigenvalue weighted by atomic mass is 10.1. The van der Waals surface area contributed by atoms with Gasteiger partial charge in [-0.25, -0.2) is 4.98 Å². The highest BCUT2D eigenvalue weighted by Gasteiger charge is 2.30. The van der Waals surface area contributed by atoms with Crippen molar-refractivity contribution in [1.82, 2.24) is 14.8 Å². The van der Waals surface area contributed by atoms with Crippen molar-refractivity contribution < 1.29 is 13.2 Å². The molecule has 142 valence electrons. The van der Waals surface area contributed by atoms with E-state index in [1.54, 1.807) is 17.4 Å². The summed E-state index contributed by atoms with van der Waals surface area (Å²) in [7, 11) is 0. The zero-order chi connectivity index (χ0) is 18.9. The number of hydrogen-bond donors (Lipinski definition) is 0. The molecule has 0 aliphatic carbocycles. The van der Waals surface area contributed by atoms with Crippen molar-refractivity contribution in [2.24, 2.45) is 0 Å². The van der Waals surface area contributed by atoms with Gasteiger partial charge in [-0.2, -0.15) is 13.2 Å². The SMILES string of the molecule is FC(F)(F)c1cccc(CN2CCN(Cc3nc4ccccc4s3)CC2)c1. The van der Waals surface area contributed by atoms with Crippen LogP contribution in [0.5, 0.6) is 0 Å². The number of piperazine rings is 1. The third kappa shape index (κ3) is 4.48. The second-order valence-electron chi connectivity index (χ2n) is 6.83. The molecule has 1 aliphatic rings. The van der Waals surface area contributed by atoms with Gasteiger partial charge in [0.25, 0.3) is 0 Å². The molecule has 1 fully saturated rings. The molecule has 0 bridgehead atoms. The monoisotopic (exact) mass is 391 g/mol. The quantitative estimate of drug-likeness (QED) is 0.646. The molecule has 0 radical (unpaired) electrons. The van der Waals surface area contributed by atoms with Crippen molar-refractivity contribution >= 4 is 21.6 Å². The van der Waals surface area contributed by atoms with E-state index in [4.69, 9.17) is 0 Å². The summed E-state index contributed by atoms with van der Waals surface area (Å²) in [6.07, 6.45) is -4.29. The van der Waals surface area contributed by atoms with Crippen molar-refractivity contribution in [3.05, 3.63) is 64.7 Å². The van der Waals surface area contributed by atoms with Gasteiger partial charge in [-0.15, -0.1) is 11.3 Å². The molecule has 3 aromatic rings. The first kappa shape index (κ1) is 18.4. The van der Waals surface area contributed by atoms with Crippen LogP contribution in [0.25, 0.3) is 10.2 Å².